The van der Waals surface area contributed by atoms with Gasteiger partial charge in [-0.1, -0.05) is 31.4 Å². The highest BCUT2D eigenvalue weighted by Gasteiger charge is 2.26. The van der Waals surface area contributed by atoms with Gasteiger partial charge in [-0.3, -0.25) is 4.90 Å². The molecular weight excluding hydrogens is 305 g/mol. The van der Waals surface area contributed by atoms with E-state index in [1.807, 2.05) is 4.90 Å². The first-order valence-corrected chi connectivity index (χ1v) is 9.15. The van der Waals surface area contributed by atoms with Crippen LogP contribution in [0.3, 0.4) is 0 Å². The fourth-order valence-corrected chi connectivity index (χ4v) is 3.84. The fourth-order valence-electron chi connectivity index (χ4n) is 3.84. The lowest BCUT2D eigenvalue weighted by atomic mass is 9.94. The Bertz CT molecular complexity index is 564. The SMILES string of the molecule is Cc1cc(CNC(=O)N2CCN(C3CCCCC3)CC2)ccc1F. The number of aryl methyl sites for hydroxylation is 1. The molecule has 1 saturated heterocycles. The molecule has 0 radical (unpaired) electrons. The molecule has 1 heterocycles. The molecule has 2 fully saturated rings. The van der Waals surface area contributed by atoms with Gasteiger partial charge >= 0.3 is 6.03 Å². The van der Waals surface area contributed by atoms with Crippen LogP contribution in [0.2, 0.25) is 0 Å². The molecule has 132 valence electrons. The minimum atomic E-state index is -0.205. The second-order valence-electron chi connectivity index (χ2n) is 7.06. The van der Waals surface area contributed by atoms with Crippen molar-refractivity contribution in [2.75, 3.05) is 26.2 Å². The number of hydrogen-bond acceptors (Lipinski definition) is 2. The van der Waals surface area contributed by atoms with Gasteiger partial charge in [-0.05, 0) is 37.0 Å². The van der Waals surface area contributed by atoms with E-state index in [0.717, 1.165) is 37.8 Å². The molecule has 0 aromatic heterocycles. The Labute approximate surface area is 144 Å². The predicted octanol–water partition coefficient (Wildman–Crippen LogP) is 3.29. The zero-order chi connectivity index (χ0) is 16.9. The minimum Gasteiger partial charge on any atom is -0.334 e. The first kappa shape index (κ1) is 17.2. The van der Waals surface area contributed by atoms with Gasteiger partial charge in [0.1, 0.15) is 5.82 Å². The van der Waals surface area contributed by atoms with E-state index in [-0.39, 0.29) is 11.8 Å². The highest BCUT2D eigenvalue weighted by Crippen LogP contribution is 2.23. The third-order valence-corrected chi connectivity index (χ3v) is 5.36. The van der Waals surface area contributed by atoms with Gasteiger partial charge in [0.25, 0.3) is 0 Å². The standard InChI is InChI=1S/C19H28FN3O/c1-15-13-16(7-8-18(15)20)14-21-19(24)23-11-9-22(10-12-23)17-5-3-2-4-6-17/h7-8,13,17H,2-6,9-12,14H2,1H3,(H,21,24). The number of carbonyl (C=O) groups is 1. The fraction of sp³-hybridized carbons (Fsp3) is 0.632. The molecular formula is C19H28FN3O. The summed E-state index contributed by atoms with van der Waals surface area (Å²) in [6.07, 6.45) is 6.71. The largest absolute Gasteiger partial charge is 0.334 e. The van der Waals surface area contributed by atoms with Gasteiger partial charge in [0.2, 0.25) is 0 Å². The van der Waals surface area contributed by atoms with Crippen molar-refractivity contribution in [2.24, 2.45) is 0 Å². The summed E-state index contributed by atoms with van der Waals surface area (Å²) >= 11 is 0. The molecule has 3 rings (SSSR count). The van der Waals surface area contributed by atoms with Gasteiger partial charge in [-0.2, -0.15) is 0 Å². The third kappa shape index (κ3) is 4.26. The van der Waals surface area contributed by atoms with E-state index in [9.17, 15) is 9.18 Å². The lowest BCUT2D eigenvalue weighted by molar-refractivity contribution is 0.0905. The van der Waals surface area contributed by atoms with Crippen molar-refractivity contribution in [1.29, 1.82) is 0 Å². The Morgan fingerprint density at radius 2 is 1.88 bits per heavy atom. The number of halogens is 1. The summed E-state index contributed by atoms with van der Waals surface area (Å²) in [5.74, 6) is -0.205. The van der Waals surface area contributed by atoms with E-state index < -0.39 is 0 Å². The normalized spacial score (nSPS) is 20.2. The van der Waals surface area contributed by atoms with Gasteiger partial charge in [-0.25, -0.2) is 9.18 Å². The van der Waals surface area contributed by atoms with Crippen LogP contribution in [0.25, 0.3) is 0 Å². The number of amides is 2. The summed E-state index contributed by atoms with van der Waals surface area (Å²) in [6.45, 7) is 5.74. The summed E-state index contributed by atoms with van der Waals surface area (Å²) in [4.78, 5) is 16.8. The lowest BCUT2D eigenvalue weighted by Crippen LogP contribution is -2.54. The van der Waals surface area contributed by atoms with Crippen LogP contribution >= 0.6 is 0 Å². The summed E-state index contributed by atoms with van der Waals surface area (Å²) in [5, 5.41) is 2.96. The average molecular weight is 333 g/mol. The number of nitrogens with zero attached hydrogens (tertiary/aromatic N) is 2. The molecule has 2 amide bonds. The first-order chi connectivity index (χ1) is 11.6. The molecule has 5 heteroatoms. The summed E-state index contributed by atoms with van der Waals surface area (Å²) in [5.41, 5.74) is 1.55. The topological polar surface area (TPSA) is 35.6 Å². The molecule has 1 aromatic rings. The van der Waals surface area contributed by atoms with Gasteiger partial charge in [0.05, 0.1) is 0 Å². The Morgan fingerprint density at radius 1 is 1.17 bits per heavy atom. The Kier molecular flexibility index (Phi) is 5.72. The smallest absolute Gasteiger partial charge is 0.317 e. The molecule has 1 saturated carbocycles. The summed E-state index contributed by atoms with van der Waals surface area (Å²) in [7, 11) is 0. The van der Waals surface area contributed by atoms with Gasteiger partial charge in [0, 0.05) is 38.8 Å². The van der Waals surface area contributed by atoms with Gasteiger partial charge in [0.15, 0.2) is 0 Å². The van der Waals surface area contributed by atoms with Crippen molar-refractivity contribution in [3.05, 3.63) is 35.1 Å². The molecule has 1 aliphatic heterocycles. The highest BCUT2D eigenvalue weighted by atomic mass is 19.1. The van der Waals surface area contributed by atoms with Crippen molar-refractivity contribution in [2.45, 2.75) is 51.6 Å². The van der Waals surface area contributed by atoms with Crippen LogP contribution in [0, 0.1) is 12.7 Å². The van der Waals surface area contributed by atoms with E-state index in [2.05, 4.69) is 10.2 Å². The number of benzene rings is 1. The molecule has 0 bridgehead atoms. The molecule has 2 aliphatic rings. The molecule has 1 aromatic carbocycles. The zero-order valence-corrected chi connectivity index (χ0v) is 14.6. The van der Waals surface area contributed by atoms with E-state index in [1.54, 1.807) is 19.1 Å². The van der Waals surface area contributed by atoms with E-state index in [1.165, 1.54) is 38.2 Å². The summed E-state index contributed by atoms with van der Waals surface area (Å²) in [6, 6.07) is 5.69. The quantitative estimate of drug-likeness (QED) is 0.921. The molecule has 0 atom stereocenters. The Morgan fingerprint density at radius 3 is 2.54 bits per heavy atom. The van der Waals surface area contributed by atoms with Gasteiger partial charge < -0.3 is 10.2 Å². The van der Waals surface area contributed by atoms with E-state index in [0.29, 0.717) is 12.1 Å². The number of hydrogen-bond donors (Lipinski definition) is 1. The highest BCUT2D eigenvalue weighted by molar-refractivity contribution is 5.74. The first-order valence-electron chi connectivity index (χ1n) is 9.15. The Balaban J connectivity index is 1.44. The maximum Gasteiger partial charge on any atom is 0.317 e. The van der Waals surface area contributed by atoms with Crippen molar-refractivity contribution in [3.63, 3.8) is 0 Å². The third-order valence-electron chi connectivity index (χ3n) is 5.36. The van der Waals surface area contributed by atoms with Crippen LogP contribution in [0.15, 0.2) is 18.2 Å². The lowest BCUT2D eigenvalue weighted by Gasteiger charge is -2.40. The summed E-state index contributed by atoms with van der Waals surface area (Å²) < 4.78 is 13.3. The van der Waals surface area contributed by atoms with Crippen LogP contribution in [-0.2, 0) is 6.54 Å². The zero-order valence-electron chi connectivity index (χ0n) is 14.6. The average Bonchev–Trinajstić information content (AvgIpc) is 2.63. The van der Waals surface area contributed by atoms with Crippen molar-refractivity contribution in [1.82, 2.24) is 15.1 Å². The predicted molar refractivity (Wildman–Crippen MR) is 93.4 cm³/mol. The number of piperazine rings is 1. The van der Waals surface area contributed by atoms with Crippen LogP contribution in [0.5, 0.6) is 0 Å². The number of rotatable bonds is 3. The number of carbonyl (C=O) groups excluding carboxylic acids is 1. The van der Waals surface area contributed by atoms with Crippen molar-refractivity contribution >= 4 is 6.03 Å². The molecule has 4 nitrogen and oxygen atoms in total. The van der Waals surface area contributed by atoms with E-state index >= 15 is 0 Å². The molecule has 0 unspecified atom stereocenters. The van der Waals surface area contributed by atoms with Crippen molar-refractivity contribution < 1.29 is 9.18 Å². The van der Waals surface area contributed by atoms with Gasteiger partial charge in [-0.15, -0.1) is 0 Å². The molecule has 24 heavy (non-hydrogen) atoms. The van der Waals surface area contributed by atoms with Crippen LogP contribution in [-0.4, -0.2) is 48.1 Å². The monoisotopic (exact) mass is 333 g/mol. The maximum atomic E-state index is 13.3. The van der Waals surface area contributed by atoms with Crippen LogP contribution < -0.4 is 5.32 Å². The molecule has 0 spiro atoms. The van der Waals surface area contributed by atoms with Crippen LogP contribution in [0.4, 0.5) is 9.18 Å². The minimum absolute atomic E-state index is 0.0136. The van der Waals surface area contributed by atoms with E-state index in [4.69, 9.17) is 0 Å². The second-order valence-corrected chi connectivity index (χ2v) is 7.06. The second kappa shape index (κ2) is 7.97. The Hall–Kier alpha value is -1.62. The maximum absolute atomic E-state index is 13.3. The number of nitrogens with one attached hydrogen (secondary N) is 1. The van der Waals surface area contributed by atoms with Crippen LogP contribution in [0.1, 0.15) is 43.2 Å². The molecule has 1 N–H and O–H groups in total. The number of urea groups is 1. The van der Waals surface area contributed by atoms with Crippen molar-refractivity contribution in [3.8, 4) is 0 Å². The molecule has 1 aliphatic carbocycles.